The Bertz CT molecular complexity index is 951. The highest BCUT2D eigenvalue weighted by atomic mass is 16.5. The van der Waals surface area contributed by atoms with Crippen LogP contribution in [-0.4, -0.2) is 42.1 Å². The lowest BCUT2D eigenvalue weighted by molar-refractivity contribution is -0.137. The lowest BCUT2D eigenvalue weighted by Crippen LogP contribution is -2.43. The standard InChI is InChI=1S/C20H24N2O7/c1-3-4-5-13-8-19(26)29-16-9-14(6-7-15(13)16)28-12(2)20(27)22-10-17(23)21-11-18(24)25/h6-9,12H,3-5,10-11H2,1-2H3,(H,21,23)(H,22,27)(H,24,25)/t12-/m1/s1. The van der Waals surface area contributed by atoms with E-state index in [1.54, 1.807) is 18.2 Å². The summed E-state index contributed by atoms with van der Waals surface area (Å²) in [4.78, 5) is 45.7. The lowest BCUT2D eigenvalue weighted by atomic mass is 10.0. The van der Waals surface area contributed by atoms with Crippen LogP contribution >= 0.6 is 0 Å². The first-order chi connectivity index (χ1) is 13.8. The minimum absolute atomic E-state index is 0.339. The summed E-state index contributed by atoms with van der Waals surface area (Å²) in [5, 5.41) is 13.8. The summed E-state index contributed by atoms with van der Waals surface area (Å²) in [6.45, 7) is 2.68. The largest absolute Gasteiger partial charge is 0.481 e. The predicted octanol–water partition coefficient (Wildman–Crippen LogP) is 1.22. The van der Waals surface area contributed by atoms with Crippen LogP contribution in [0.5, 0.6) is 5.75 Å². The molecule has 156 valence electrons. The fourth-order valence-electron chi connectivity index (χ4n) is 2.66. The second kappa shape index (κ2) is 10.3. The second-order valence-electron chi connectivity index (χ2n) is 6.50. The Morgan fingerprint density at radius 2 is 1.93 bits per heavy atom. The SMILES string of the molecule is CCCCc1cc(=O)oc2cc(O[C@H](C)C(=O)NCC(=O)NCC(=O)O)ccc12. The van der Waals surface area contributed by atoms with Crippen LogP contribution in [-0.2, 0) is 20.8 Å². The molecule has 0 saturated carbocycles. The number of amides is 2. The molecule has 0 spiro atoms. The van der Waals surface area contributed by atoms with E-state index >= 15 is 0 Å². The average molecular weight is 404 g/mol. The number of rotatable bonds is 10. The first-order valence-corrected chi connectivity index (χ1v) is 9.29. The van der Waals surface area contributed by atoms with Gasteiger partial charge in [0.15, 0.2) is 6.10 Å². The molecular formula is C20H24N2O7. The van der Waals surface area contributed by atoms with Gasteiger partial charge in [-0.1, -0.05) is 13.3 Å². The molecule has 1 aromatic carbocycles. The lowest BCUT2D eigenvalue weighted by Gasteiger charge is -2.15. The van der Waals surface area contributed by atoms with Crippen molar-refractivity contribution in [1.29, 1.82) is 0 Å². The van der Waals surface area contributed by atoms with Gasteiger partial charge in [0.2, 0.25) is 5.91 Å². The van der Waals surface area contributed by atoms with Gasteiger partial charge in [-0.3, -0.25) is 14.4 Å². The smallest absolute Gasteiger partial charge is 0.336 e. The number of fused-ring (bicyclic) bond motifs is 1. The molecule has 0 bridgehead atoms. The van der Waals surface area contributed by atoms with Crippen LogP contribution < -0.4 is 21.0 Å². The molecule has 0 radical (unpaired) electrons. The van der Waals surface area contributed by atoms with Gasteiger partial charge in [-0.05, 0) is 37.5 Å². The molecule has 29 heavy (non-hydrogen) atoms. The zero-order valence-corrected chi connectivity index (χ0v) is 16.3. The number of carbonyl (C=O) groups excluding carboxylic acids is 2. The van der Waals surface area contributed by atoms with E-state index in [9.17, 15) is 19.2 Å². The summed E-state index contributed by atoms with van der Waals surface area (Å²) >= 11 is 0. The monoisotopic (exact) mass is 404 g/mol. The number of carboxylic acid groups (broad SMARTS) is 1. The van der Waals surface area contributed by atoms with Gasteiger partial charge in [0.25, 0.3) is 5.91 Å². The molecule has 1 atom stereocenters. The predicted molar refractivity (Wildman–Crippen MR) is 105 cm³/mol. The Kier molecular flexibility index (Phi) is 7.76. The van der Waals surface area contributed by atoms with Crippen LogP contribution in [0.25, 0.3) is 11.0 Å². The number of carboxylic acids is 1. The number of carbonyl (C=O) groups is 3. The van der Waals surface area contributed by atoms with E-state index < -0.39 is 36.1 Å². The quantitative estimate of drug-likeness (QED) is 0.507. The molecule has 2 rings (SSSR count). The van der Waals surface area contributed by atoms with Gasteiger partial charge in [-0.2, -0.15) is 0 Å². The first kappa shape index (κ1) is 21.9. The van der Waals surface area contributed by atoms with Gasteiger partial charge in [-0.15, -0.1) is 0 Å². The zero-order chi connectivity index (χ0) is 21.4. The van der Waals surface area contributed by atoms with Crippen LogP contribution in [0.4, 0.5) is 0 Å². The van der Waals surface area contributed by atoms with Gasteiger partial charge >= 0.3 is 11.6 Å². The third kappa shape index (κ3) is 6.63. The third-order valence-corrected chi connectivity index (χ3v) is 4.14. The molecule has 0 unspecified atom stereocenters. The van der Waals surface area contributed by atoms with Gasteiger partial charge in [0.1, 0.15) is 17.9 Å². The number of ether oxygens (including phenoxy) is 1. The summed E-state index contributed by atoms with van der Waals surface area (Å²) in [7, 11) is 0. The summed E-state index contributed by atoms with van der Waals surface area (Å²) in [5.74, 6) is -2.01. The van der Waals surface area contributed by atoms with Gasteiger partial charge in [0, 0.05) is 17.5 Å². The Labute approximate surface area is 167 Å². The third-order valence-electron chi connectivity index (χ3n) is 4.14. The van der Waals surface area contributed by atoms with E-state index in [0.717, 1.165) is 30.2 Å². The molecule has 0 aliphatic heterocycles. The molecule has 2 aromatic rings. The van der Waals surface area contributed by atoms with Crippen LogP contribution in [0.2, 0.25) is 0 Å². The van der Waals surface area contributed by atoms with Gasteiger partial charge in [0.05, 0.1) is 6.54 Å². The molecule has 2 amide bonds. The van der Waals surface area contributed by atoms with Crippen molar-refractivity contribution in [2.45, 2.75) is 39.2 Å². The van der Waals surface area contributed by atoms with Crippen LogP contribution in [0.3, 0.4) is 0 Å². The van der Waals surface area contributed by atoms with Crippen LogP contribution in [0.1, 0.15) is 32.3 Å². The van der Waals surface area contributed by atoms with Crippen molar-refractivity contribution >= 4 is 28.8 Å². The molecule has 9 nitrogen and oxygen atoms in total. The highest BCUT2D eigenvalue weighted by Gasteiger charge is 2.17. The fraction of sp³-hybridized carbons (Fsp3) is 0.400. The van der Waals surface area contributed by atoms with Crippen molar-refractivity contribution < 1.29 is 28.6 Å². The summed E-state index contributed by atoms with van der Waals surface area (Å²) in [6.07, 6.45) is 1.80. The van der Waals surface area contributed by atoms with Crippen molar-refractivity contribution in [3.05, 3.63) is 40.2 Å². The number of hydrogen-bond donors (Lipinski definition) is 3. The van der Waals surface area contributed by atoms with Crippen molar-refractivity contribution in [2.24, 2.45) is 0 Å². The van der Waals surface area contributed by atoms with Gasteiger partial charge < -0.3 is 24.9 Å². The molecular weight excluding hydrogens is 380 g/mol. The fourth-order valence-corrected chi connectivity index (χ4v) is 2.66. The van der Waals surface area contributed by atoms with Crippen molar-refractivity contribution in [1.82, 2.24) is 10.6 Å². The Balaban J connectivity index is 2.01. The highest BCUT2D eigenvalue weighted by molar-refractivity contribution is 5.88. The molecule has 0 aliphatic rings. The zero-order valence-electron chi connectivity index (χ0n) is 16.3. The van der Waals surface area contributed by atoms with E-state index in [4.69, 9.17) is 14.3 Å². The number of aryl methyl sites for hydroxylation is 1. The first-order valence-electron chi connectivity index (χ1n) is 9.29. The van der Waals surface area contributed by atoms with E-state index in [2.05, 4.69) is 17.6 Å². The molecule has 9 heteroatoms. The maximum Gasteiger partial charge on any atom is 0.336 e. The van der Waals surface area contributed by atoms with Crippen molar-refractivity contribution in [3.8, 4) is 5.75 Å². The summed E-state index contributed by atoms with van der Waals surface area (Å²) in [6, 6.07) is 6.50. The van der Waals surface area contributed by atoms with Crippen molar-refractivity contribution in [2.75, 3.05) is 13.1 Å². The van der Waals surface area contributed by atoms with E-state index in [1.165, 1.54) is 13.0 Å². The van der Waals surface area contributed by atoms with E-state index in [0.29, 0.717) is 11.3 Å². The molecule has 0 aliphatic carbocycles. The minimum Gasteiger partial charge on any atom is -0.481 e. The van der Waals surface area contributed by atoms with Gasteiger partial charge in [-0.25, -0.2) is 4.79 Å². The summed E-state index contributed by atoms with van der Waals surface area (Å²) in [5.41, 5.74) is 0.837. The maximum atomic E-state index is 12.1. The number of nitrogens with one attached hydrogen (secondary N) is 2. The molecule has 0 fully saturated rings. The topological polar surface area (TPSA) is 135 Å². The molecule has 3 N–H and O–H groups in total. The number of benzene rings is 1. The second-order valence-corrected chi connectivity index (χ2v) is 6.50. The Morgan fingerprint density at radius 1 is 1.17 bits per heavy atom. The van der Waals surface area contributed by atoms with E-state index in [-0.39, 0.29) is 6.54 Å². The minimum atomic E-state index is -1.18. The highest BCUT2D eigenvalue weighted by Crippen LogP contribution is 2.24. The molecule has 0 saturated heterocycles. The summed E-state index contributed by atoms with van der Waals surface area (Å²) < 4.78 is 10.8. The van der Waals surface area contributed by atoms with E-state index in [1.807, 2.05) is 0 Å². The van der Waals surface area contributed by atoms with Crippen LogP contribution in [0.15, 0.2) is 33.5 Å². The number of aliphatic carboxylic acids is 1. The normalized spacial score (nSPS) is 11.7. The maximum absolute atomic E-state index is 12.1. The molecule has 1 aromatic heterocycles. The Hall–Kier alpha value is -3.36. The van der Waals surface area contributed by atoms with Crippen LogP contribution in [0, 0.1) is 0 Å². The number of hydrogen-bond acceptors (Lipinski definition) is 6. The van der Waals surface area contributed by atoms with Crippen molar-refractivity contribution in [3.63, 3.8) is 0 Å². The Morgan fingerprint density at radius 3 is 2.62 bits per heavy atom. The number of unbranched alkanes of at least 4 members (excludes halogenated alkanes) is 1. The molecule has 1 heterocycles. The average Bonchev–Trinajstić information content (AvgIpc) is 2.68.